The molecule has 0 aliphatic carbocycles. The fourth-order valence-corrected chi connectivity index (χ4v) is 5.18. The van der Waals surface area contributed by atoms with Gasteiger partial charge in [-0.2, -0.15) is 0 Å². The van der Waals surface area contributed by atoms with E-state index in [1.54, 1.807) is 77.7 Å². The number of hydrogen-bond acceptors (Lipinski definition) is 5. The molecule has 0 unspecified atom stereocenters. The normalized spacial score (nSPS) is 11.7. The lowest BCUT2D eigenvalue weighted by atomic mass is 10.00. The predicted octanol–water partition coefficient (Wildman–Crippen LogP) is 7.17. The highest BCUT2D eigenvalue weighted by molar-refractivity contribution is 6.12. The molecule has 0 fully saturated rings. The molecule has 5 aromatic rings. The molecule has 5 aromatic carbocycles. The minimum atomic E-state index is -1.03. The minimum Gasteiger partial charge on any atom is -0.492 e. The maximum atomic E-state index is 13.1. The van der Waals surface area contributed by atoms with E-state index < -0.39 is 12.0 Å². The SMILES string of the molecule is CC=CC(=O)N(CCOc1ccc(C[C@H](Nc2ccccc2C(=O)c2ccccc2)C(=O)O)cc1)c1cccc2ccccc12. The third-order valence-corrected chi connectivity index (χ3v) is 7.41. The number of para-hydroxylation sites is 1. The number of carbonyl (C=O) groups excluding carboxylic acids is 2. The number of benzene rings is 5. The molecule has 0 aliphatic rings. The molecular weight excluding hydrogens is 564 g/mol. The van der Waals surface area contributed by atoms with E-state index in [0.717, 1.165) is 22.0 Å². The molecule has 0 bridgehead atoms. The topological polar surface area (TPSA) is 95.9 Å². The quantitative estimate of drug-likeness (QED) is 0.110. The number of anilines is 2. The van der Waals surface area contributed by atoms with Gasteiger partial charge < -0.3 is 20.1 Å². The molecule has 0 spiro atoms. The van der Waals surface area contributed by atoms with Gasteiger partial charge in [-0.05, 0) is 54.3 Å². The highest BCUT2D eigenvalue weighted by atomic mass is 16.5. The number of ketones is 1. The van der Waals surface area contributed by atoms with Crippen molar-refractivity contribution in [1.82, 2.24) is 0 Å². The van der Waals surface area contributed by atoms with Gasteiger partial charge in [0, 0.05) is 28.6 Å². The molecule has 0 aromatic heterocycles. The van der Waals surface area contributed by atoms with Crippen LogP contribution in [0.25, 0.3) is 10.8 Å². The number of carboxylic acids is 1. The fourth-order valence-electron chi connectivity index (χ4n) is 5.18. The van der Waals surface area contributed by atoms with E-state index >= 15 is 0 Å². The number of aliphatic carboxylic acids is 1. The van der Waals surface area contributed by atoms with E-state index in [0.29, 0.717) is 29.1 Å². The molecular formula is C38H34N2O5. The zero-order chi connectivity index (χ0) is 31.6. The first-order valence-corrected chi connectivity index (χ1v) is 14.8. The smallest absolute Gasteiger partial charge is 0.326 e. The van der Waals surface area contributed by atoms with Crippen LogP contribution in [0.3, 0.4) is 0 Å². The van der Waals surface area contributed by atoms with E-state index in [2.05, 4.69) is 5.32 Å². The maximum absolute atomic E-state index is 13.1. The second kappa shape index (κ2) is 14.7. The molecule has 0 saturated carbocycles. The van der Waals surface area contributed by atoms with Crippen molar-refractivity contribution in [3.8, 4) is 5.75 Å². The zero-order valence-corrected chi connectivity index (χ0v) is 24.9. The lowest BCUT2D eigenvalue weighted by Crippen LogP contribution is -2.33. The first-order valence-electron chi connectivity index (χ1n) is 14.8. The van der Waals surface area contributed by atoms with Crippen LogP contribution >= 0.6 is 0 Å². The lowest BCUT2D eigenvalue weighted by molar-refractivity contribution is -0.137. The Bertz CT molecular complexity index is 1810. The second-order valence-electron chi connectivity index (χ2n) is 10.5. The number of allylic oxidation sites excluding steroid dienone is 1. The Morgan fingerprint density at radius 3 is 2.27 bits per heavy atom. The number of carboxylic acid groups (broad SMARTS) is 1. The number of rotatable bonds is 13. The number of ether oxygens (including phenoxy) is 1. The number of nitrogens with one attached hydrogen (secondary N) is 1. The van der Waals surface area contributed by atoms with Gasteiger partial charge in [0.25, 0.3) is 5.91 Å². The Labute approximate surface area is 262 Å². The summed E-state index contributed by atoms with van der Waals surface area (Å²) in [4.78, 5) is 40.1. The Morgan fingerprint density at radius 2 is 1.51 bits per heavy atom. The van der Waals surface area contributed by atoms with Crippen LogP contribution < -0.4 is 15.0 Å². The zero-order valence-electron chi connectivity index (χ0n) is 24.9. The van der Waals surface area contributed by atoms with Crippen LogP contribution in [-0.2, 0) is 16.0 Å². The van der Waals surface area contributed by atoms with E-state index in [1.807, 2.05) is 67.6 Å². The summed E-state index contributed by atoms with van der Waals surface area (Å²) in [5, 5.41) is 15.1. The Hall–Kier alpha value is -5.69. The predicted molar refractivity (Wildman–Crippen MR) is 178 cm³/mol. The van der Waals surface area contributed by atoms with Gasteiger partial charge in [0.2, 0.25) is 0 Å². The number of hydrogen-bond donors (Lipinski definition) is 2. The first-order chi connectivity index (χ1) is 21.9. The lowest BCUT2D eigenvalue weighted by Gasteiger charge is -2.23. The fraction of sp³-hybridized carbons (Fsp3) is 0.132. The molecule has 7 heteroatoms. The second-order valence-corrected chi connectivity index (χ2v) is 10.5. The Kier molecular flexibility index (Phi) is 10.0. The molecule has 0 radical (unpaired) electrons. The van der Waals surface area contributed by atoms with Crippen molar-refractivity contribution >= 4 is 39.8 Å². The summed E-state index contributed by atoms with van der Waals surface area (Å²) in [5.41, 5.74) is 3.00. The summed E-state index contributed by atoms with van der Waals surface area (Å²) < 4.78 is 6.00. The van der Waals surface area contributed by atoms with Crippen molar-refractivity contribution in [3.63, 3.8) is 0 Å². The monoisotopic (exact) mass is 598 g/mol. The highest BCUT2D eigenvalue weighted by Gasteiger charge is 2.22. The van der Waals surface area contributed by atoms with Crippen LogP contribution in [0, 0.1) is 0 Å². The summed E-state index contributed by atoms with van der Waals surface area (Å²) in [6.45, 7) is 2.41. The molecule has 1 amide bonds. The van der Waals surface area contributed by atoms with Crippen LogP contribution in [0.4, 0.5) is 11.4 Å². The minimum absolute atomic E-state index is 0.132. The van der Waals surface area contributed by atoms with E-state index in [9.17, 15) is 19.5 Å². The summed E-state index contributed by atoms with van der Waals surface area (Å²) in [5.74, 6) is -0.742. The standard InChI is InChI=1S/C38H34N2O5/c1-2-11-36(41)40(35-19-10-15-28-12-6-7-16-31(28)35)24-25-45-30-22-20-27(21-23-30)26-34(38(43)44)39-33-18-9-8-17-32(33)37(42)29-13-4-3-5-14-29/h2-23,34,39H,24-26H2,1H3,(H,43,44)/t34-/m0/s1. The van der Waals surface area contributed by atoms with Gasteiger partial charge >= 0.3 is 5.97 Å². The van der Waals surface area contributed by atoms with Crippen molar-refractivity contribution in [1.29, 1.82) is 0 Å². The van der Waals surface area contributed by atoms with Gasteiger partial charge in [0.05, 0.1) is 12.2 Å². The van der Waals surface area contributed by atoms with Gasteiger partial charge in [-0.3, -0.25) is 9.59 Å². The Morgan fingerprint density at radius 1 is 0.822 bits per heavy atom. The van der Waals surface area contributed by atoms with Crippen LogP contribution in [0.15, 0.2) is 133 Å². The van der Waals surface area contributed by atoms with Crippen molar-refractivity contribution < 1.29 is 24.2 Å². The Balaban J connectivity index is 1.24. The molecule has 0 aliphatic heterocycles. The van der Waals surface area contributed by atoms with Gasteiger partial charge in [0.15, 0.2) is 5.78 Å². The van der Waals surface area contributed by atoms with Gasteiger partial charge in [-0.15, -0.1) is 0 Å². The number of nitrogens with zero attached hydrogens (tertiary/aromatic N) is 1. The first kappa shape index (κ1) is 30.8. The average Bonchev–Trinajstić information content (AvgIpc) is 3.07. The van der Waals surface area contributed by atoms with Crippen molar-refractivity contribution in [2.75, 3.05) is 23.4 Å². The molecule has 1 atom stereocenters. The van der Waals surface area contributed by atoms with Gasteiger partial charge in [-0.25, -0.2) is 4.79 Å². The molecule has 2 N–H and O–H groups in total. The molecule has 0 saturated heterocycles. The van der Waals surface area contributed by atoms with Crippen molar-refractivity contribution in [2.24, 2.45) is 0 Å². The van der Waals surface area contributed by atoms with E-state index in [1.165, 1.54) is 0 Å². The van der Waals surface area contributed by atoms with Crippen LogP contribution in [0.5, 0.6) is 5.75 Å². The number of carbonyl (C=O) groups is 3. The van der Waals surface area contributed by atoms with Crippen molar-refractivity contribution in [2.45, 2.75) is 19.4 Å². The number of fused-ring (bicyclic) bond motifs is 1. The van der Waals surface area contributed by atoms with Gasteiger partial charge in [0.1, 0.15) is 18.4 Å². The molecule has 5 rings (SSSR count). The molecule has 226 valence electrons. The summed E-state index contributed by atoms with van der Waals surface area (Å²) >= 11 is 0. The van der Waals surface area contributed by atoms with Crippen LogP contribution in [0.2, 0.25) is 0 Å². The van der Waals surface area contributed by atoms with Crippen LogP contribution in [-0.4, -0.2) is 42.0 Å². The largest absolute Gasteiger partial charge is 0.492 e. The van der Waals surface area contributed by atoms with Crippen molar-refractivity contribution in [3.05, 3.63) is 150 Å². The number of amides is 1. The van der Waals surface area contributed by atoms with E-state index in [-0.39, 0.29) is 24.7 Å². The van der Waals surface area contributed by atoms with Gasteiger partial charge in [-0.1, -0.05) is 97.1 Å². The third kappa shape index (κ3) is 7.64. The third-order valence-electron chi connectivity index (χ3n) is 7.41. The summed E-state index contributed by atoms with van der Waals surface area (Å²) in [6, 6.07) is 35.9. The summed E-state index contributed by atoms with van der Waals surface area (Å²) in [6.07, 6.45) is 3.45. The van der Waals surface area contributed by atoms with Crippen LogP contribution in [0.1, 0.15) is 28.4 Å². The molecule has 7 nitrogen and oxygen atoms in total. The average molecular weight is 599 g/mol. The summed E-state index contributed by atoms with van der Waals surface area (Å²) in [7, 11) is 0. The molecule has 45 heavy (non-hydrogen) atoms. The van der Waals surface area contributed by atoms with E-state index in [4.69, 9.17) is 4.74 Å². The molecule has 0 heterocycles. The highest BCUT2D eigenvalue weighted by Crippen LogP contribution is 2.27. The maximum Gasteiger partial charge on any atom is 0.326 e.